The lowest BCUT2D eigenvalue weighted by Gasteiger charge is -2.15. The van der Waals surface area contributed by atoms with E-state index in [4.69, 9.17) is 15.9 Å². The van der Waals surface area contributed by atoms with Crippen LogP contribution in [0.2, 0.25) is 0 Å². The number of primary amides is 1. The largest absolute Gasteiger partial charge is 0.396 e. The molecule has 0 aliphatic carbocycles. The summed E-state index contributed by atoms with van der Waals surface area (Å²) in [5, 5.41) is 18.1. The molecular formula is C14H17N3O4. The molecule has 0 unspecified atom stereocenters. The van der Waals surface area contributed by atoms with Crippen molar-refractivity contribution in [3.05, 3.63) is 39.8 Å². The van der Waals surface area contributed by atoms with E-state index in [2.05, 4.69) is 4.98 Å². The zero-order valence-corrected chi connectivity index (χ0v) is 11.5. The van der Waals surface area contributed by atoms with Gasteiger partial charge in [0, 0.05) is 31.5 Å². The number of nitrogens with two attached hydrogens (primary N) is 1. The molecule has 4 N–H and O–H groups in total. The van der Waals surface area contributed by atoms with E-state index >= 15 is 0 Å². The number of rotatable bonds is 6. The number of nitrogens with zero attached hydrogens (tertiary/aromatic N) is 2. The Kier molecular flexibility index (Phi) is 4.66. The maximum absolute atomic E-state index is 12.5. The molecule has 0 aliphatic rings. The van der Waals surface area contributed by atoms with Crippen LogP contribution < -0.4 is 11.3 Å². The highest BCUT2D eigenvalue weighted by Gasteiger charge is 2.20. The summed E-state index contributed by atoms with van der Waals surface area (Å²) in [6, 6.07) is 3.40. The van der Waals surface area contributed by atoms with Gasteiger partial charge < -0.3 is 20.5 Å². The van der Waals surface area contributed by atoms with Gasteiger partial charge in [0.1, 0.15) is 5.56 Å². The van der Waals surface area contributed by atoms with Gasteiger partial charge in [0.15, 0.2) is 0 Å². The van der Waals surface area contributed by atoms with Crippen LogP contribution in [-0.4, -0.2) is 38.9 Å². The standard InChI is InChI=1S/C14H17N3O4/c15-13(20)11-9(4-8-19)12-10(3-1-5-16-12)17(14(11)21)6-2-7-18/h1,3,5,18-19H,2,4,6-8H2,(H2,15,20). The number of carbonyl (C=O) groups is 1. The topological polar surface area (TPSA) is 118 Å². The third-order valence-electron chi connectivity index (χ3n) is 3.27. The van der Waals surface area contributed by atoms with Gasteiger partial charge in [0.25, 0.3) is 11.5 Å². The minimum atomic E-state index is -0.839. The summed E-state index contributed by atoms with van der Waals surface area (Å²) >= 11 is 0. The van der Waals surface area contributed by atoms with Crippen molar-refractivity contribution in [3.63, 3.8) is 0 Å². The maximum atomic E-state index is 12.5. The second-order valence-corrected chi connectivity index (χ2v) is 4.60. The minimum absolute atomic E-state index is 0.0709. The molecule has 2 aromatic rings. The molecule has 2 aromatic heterocycles. The number of carbonyl (C=O) groups excluding carboxylic acids is 1. The number of aromatic nitrogens is 2. The second kappa shape index (κ2) is 6.47. The molecular weight excluding hydrogens is 274 g/mol. The Bertz CT molecular complexity index is 724. The molecule has 112 valence electrons. The number of fused-ring (bicyclic) bond motifs is 1. The summed E-state index contributed by atoms with van der Waals surface area (Å²) in [4.78, 5) is 28.3. The van der Waals surface area contributed by atoms with E-state index in [1.54, 1.807) is 18.3 Å². The van der Waals surface area contributed by atoms with Gasteiger partial charge in [-0.3, -0.25) is 14.6 Å². The lowest BCUT2D eigenvalue weighted by molar-refractivity contribution is 0.0997. The monoisotopic (exact) mass is 291 g/mol. The van der Waals surface area contributed by atoms with Crippen LogP contribution in [0.3, 0.4) is 0 Å². The van der Waals surface area contributed by atoms with Crippen molar-refractivity contribution in [1.29, 1.82) is 0 Å². The van der Waals surface area contributed by atoms with Crippen LogP contribution >= 0.6 is 0 Å². The molecule has 21 heavy (non-hydrogen) atoms. The second-order valence-electron chi connectivity index (χ2n) is 4.60. The number of aliphatic hydroxyl groups excluding tert-OH is 2. The van der Waals surface area contributed by atoms with E-state index in [1.807, 2.05) is 0 Å². The van der Waals surface area contributed by atoms with E-state index in [-0.39, 0.29) is 31.7 Å². The Morgan fingerprint density at radius 2 is 2.10 bits per heavy atom. The third-order valence-corrected chi connectivity index (χ3v) is 3.27. The van der Waals surface area contributed by atoms with Gasteiger partial charge in [-0.2, -0.15) is 0 Å². The van der Waals surface area contributed by atoms with Crippen molar-refractivity contribution in [2.45, 2.75) is 19.4 Å². The first-order valence-electron chi connectivity index (χ1n) is 6.63. The predicted molar refractivity (Wildman–Crippen MR) is 77.0 cm³/mol. The average molecular weight is 291 g/mol. The van der Waals surface area contributed by atoms with Gasteiger partial charge in [0.2, 0.25) is 0 Å². The van der Waals surface area contributed by atoms with Gasteiger partial charge in [-0.25, -0.2) is 0 Å². The summed E-state index contributed by atoms with van der Waals surface area (Å²) in [5.41, 5.74) is 6.06. The quantitative estimate of drug-likeness (QED) is 0.657. The molecule has 2 rings (SSSR count). The Morgan fingerprint density at radius 1 is 1.33 bits per heavy atom. The number of aryl methyl sites for hydroxylation is 1. The fraction of sp³-hybridized carbons (Fsp3) is 0.357. The molecule has 7 heteroatoms. The highest BCUT2D eigenvalue weighted by molar-refractivity contribution is 5.98. The van der Waals surface area contributed by atoms with Crippen LogP contribution in [0.5, 0.6) is 0 Å². The third kappa shape index (κ3) is 2.79. The Balaban J connectivity index is 2.84. The predicted octanol–water partition coefficient (Wildman–Crippen LogP) is -0.587. The van der Waals surface area contributed by atoms with Crippen molar-refractivity contribution in [2.24, 2.45) is 5.73 Å². The Labute approximate surface area is 120 Å². The molecule has 2 heterocycles. The first kappa shape index (κ1) is 15.1. The summed E-state index contributed by atoms with van der Waals surface area (Å²) in [6.45, 7) is -0.0260. The highest BCUT2D eigenvalue weighted by atomic mass is 16.3. The molecule has 0 bridgehead atoms. The molecule has 0 aliphatic heterocycles. The highest BCUT2D eigenvalue weighted by Crippen LogP contribution is 2.18. The van der Waals surface area contributed by atoms with Crippen LogP contribution in [0.15, 0.2) is 23.1 Å². The molecule has 0 aromatic carbocycles. The van der Waals surface area contributed by atoms with Gasteiger partial charge in [-0.15, -0.1) is 0 Å². The molecule has 0 radical (unpaired) electrons. The number of amides is 1. The van der Waals surface area contributed by atoms with E-state index in [9.17, 15) is 9.59 Å². The van der Waals surface area contributed by atoms with E-state index in [1.165, 1.54) is 4.57 Å². The lowest BCUT2D eigenvalue weighted by Crippen LogP contribution is -2.32. The fourth-order valence-corrected chi connectivity index (χ4v) is 2.40. The van der Waals surface area contributed by atoms with Gasteiger partial charge in [-0.1, -0.05) is 0 Å². The van der Waals surface area contributed by atoms with Crippen LogP contribution in [0.25, 0.3) is 11.0 Å². The molecule has 7 nitrogen and oxygen atoms in total. The zero-order valence-electron chi connectivity index (χ0n) is 11.5. The summed E-state index contributed by atoms with van der Waals surface area (Å²) in [7, 11) is 0. The van der Waals surface area contributed by atoms with E-state index < -0.39 is 11.5 Å². The van der Waals surface area contributed by atoms with Crippen LogP contribution in [-0.2, 0) is 13.0 Å². The first-order valence-corrected chi connectivity index (χ1v) is 6.63. The maximum Gasteiger partial charge on any atom is 0.264 e. The smallest absolute Gasteiger partial charge is 0.264 e. The first-order chi connectivity index (χ1) is 10.1. The van der Waals surface area contributed by atoms with Crippen molar-refractivity contribution < 1.29 is 15.0 Å². The Morgan fingerprint density at radius 3 is 2.71 bits per heavy atom. The summed E-state index contributed by atoms with van der Waals surface area (Å²) in [5.74, 6) is -0.839. The number of pyridine rings is 2. The fourth-order valence-electron chi connectivity index (χ4n) is 2.40. The number of hydrogen-bond donors (Lipinski definition) is 3. The molecule has 0 saturated heterocycles. The van der Waals surface area contributed by atoms with Crippen molar-refractivity contribution in [3.8, 4) is 0 Å². The molecule has 0 atom stereocenters. The molecule has 1 amide bonds. The number of hydrogen-bond acceptors (Lipinski definition) is 5. The molecule has 0 saturated carbocycles. The van der Waals surface area contributed by atoms with Crippen LogP contribution in [0.1, 0.15) is 22.3 Å². The lowest BCUT2D eigenvalue weighted by atomic mass is 10.0. The van der Waals surface area contributed by atoms with Gasteiger partial charge >= 0.3 is 0 Å². The summed E-state index contributed by atoms with van der Waals surface area (Å²) in [6.07, 6.45) is 2.05. The number of aliphatic hydroxyl groups is 2. The Hall–Kier alpha value is -2.25. The molecule has 0 fully saturated rings. The summed E-state index contributed by atoms with van der Waals surface area (Å²) < 4.78 is 1.39. The normalized spacial score (nSPS) is 11.0. The molecule has 0 spiro atoms. The van der Waals surface area contributed by atoms with Gasteiger partial charge in [-0.05, 0) is 25.0 Å². The average Bonchev–Trinajstić information content (AvgIpc) is 2.47. The van der Waals surface area contributed by atoms with Crippen LogP contribution in [0.4, 0.5) is 0 Å². The van der Waals surface area contributed by atoms with Gasteiger partial charge in [0.05, 0.1) is 11.0 Å². The van der Waals surface area contributed by atoms with E-state index in [0.29, 0.717) is 23.0 Å². The van der Waals surface area contributed by atoms with Crippen molar-refractivity contribution in [1.82, 2.24) is 9.55 Å². The van der Waals surface area contributed by atoms with E-state index in [0.717, 1.165) is 0 Å². The van der Waals surface area contributed by atoms with Crippen LogP contribution in [0, 0.1) is 0 Å². The zero-order chi connectivity index (χ0) is 15.4. The SMILES string of the molecule is NC(=O)c1c(CCO)c2ncccc2n(CCCO)c1=O. The van der Waals surface area contributed by atoms with Crippen molar-refractivity contribution in [2.75, 3.05) is 13.2 Å². The minimum Gasteiger partial charge on any atom is -0.396 e. The van der Waals surface area contributed by atoms with Crippen molar-refractivity contribution >= 4 is 16.9 Å².